The van der Waals surface area contributed by atoms with Gasteiger partial charge in [-0.3, -0.25) is 14.4 Å². The van der Waals surface area contributed by atoms with Gasteiger partial charge in [0.05, 0.1) is 22.7 Å². The smallest absolute Gasteiger partial charge is 0.325 e. The van der Waals surface area contributed by atoms with Crippen molar-refractivity contribution in [2.75, 3.05) is 27.3 Å². The third-order valence-electron chi connectivity index (χ3n) is 7.89. The highest BCUT2D eigenvalue weighted by molar-refractivity contribution is 5.92. The van der Waals surface area contributed by atoms with Crippen molar-refractivity contribution in [2.45, 2.75) is 78.1 Å². The minimum Gasteiger partial charge on any atom is -0.455 e. The van der Waals surface area contributed by atoms with Gasteiger partial charge in [-0.2, -0.15) is 0 Å². The molecule has 1 aliphatic heterocycles. The van der Waals surface area contributed by atoms with E-state index < -0.39 is 29.5 Å². The number of amides is 2. The second-order valence-corrected chi connectivity index (χ2v) is 12.1. The second-order valence-electron chi connectivity index (χ2n) is 12.1. The molecule has 1 aromatic carbocycles. The fourth-order valence-electron chi connectivity index (χ4n) is 4.95. The molecule has 3 rings (SSSR count). The van der Waals surface area contributed by atoms with E-state index in [1.165, 1.54) is 0 Å². The molecule has 2 amide bonds. The molecule has 44 heavy (non-hydrogen) atoms. The van der Waals surface area contributed by atoms with Crippen molar-refractivity contribution < 1.29 is 28.7 Å². The summed E-state index contributed by atoms with van der Waals surface area (Å²) in [5.41, 5.74) is 4.36. The highest BCUT2D eigenvalue weighted by atomic mass is 16.5. The Kier molecular flexibility index (Phi) is 12.6. The van der Waals surface area contributed by atoms with Crippen molar-refractivity contribution in [3.63, 3.8) is 0 Å². The van der Waals surface area contributed by atoms with Crippen LogP contribution in [0.15, 0.2) is 36.4 Å². The summed E-state index contributed by atoms with van der Waals surface area (Å²) in [5.74, 6) is -1.23. The van der Waals surface area contributed by atoms with Gasteiger partial charge in [-0.15, -0.1) is 0 Å². The maximum Gasteiger partial charge on any atom is 0.325 e. The minimum atomic E-state index is -0.992. The number of hydrogen-bond donors (Lipinski definition) is 3. The van der Waals surface area contributed by atoms with Crippen LogP contribution in [-0.4, -0.2) is 79.5 Å². The van der Waals surface area contributed by atoms with Crippen molar-refractivity contribution in [1.29, 1.82) is 0 Å². The van der Waals surface area contributed by atoms with E-state index >= 15 is 0 Å². The molecular weight excluding hydrogens is 562 g/mol. The zero-order valence-electron chi connectivity index (χ0n) is 26.9. The summed E-state index contributed by atoms with van der Waals surface area (Å²) in [5, 5.41) is 8.34. The van der Waals surface area contributed by atoms with Gasteiger partial charge in [-0.05, 0) is 63.6 Å². The van der Waals surface area contributed by atoms with Crippen LogP contribution >= 0.6 is 0 Å². The Bertz CT molecular complexity index is 1350. The molecular formula is C33H47N5O6. The first-order valence-corrected chi connectivity index (χ1v) is 15.2. The maximum atomic E-state index is 13.6. The predicted molar refractivity (Wildman–Crippen MR) is 169 cm³/mol. The number of esters is 1. The molecule has 4 unspecified atom stereocenters. The largest absolute Gasteiger partial charge is 0.455 e. The van der Waals surface area contributed by atoms with Crippen LogP contribution in [0.25, 0.3) is 17.0 Å². The molecule has 0 spiro atoms. The fraction of sp³-hybridized carbons (Fsp3) is 0.545. The Morgan fingerprint density at radius 3 is 2.55 bits per heavy atom. The molecule has 0 aliphatic carbocycles. The van der Waals surface area contributed by atoms with E-state index in [1.54, 1.807) is 21.0 Å². The number of ether oxygens (including phenoxy) is 2. The zero-order valence-corrected chi connectivity index (χ0v) is 26.9. The molecule has 11 nitrogen and oxygen atoms in total. The first-order chi connectivity index (χ1) is 20.9. The summed E-state index contributed by atoms with van der Waals surface area (Å²) >= 11 is 0. The van der Waals surface area contributed by atoms with E-state index in [9.17, 15) is 19.2 Å². The molecule has 5 atom stereocenters. The van der Waals surface area contributed by atoms with Crippen molar-refractivity contribution in [3.05, 3.63) is 47.7 Å². The molecule has 2 aromatic rings. The van der Waals surface area contributed by atoms with Crippen LogP contribution in [0.2, 0.25) is 0 Å². The number of aromatic nitrogens is 1. The molecule has 2 heterocycles. The predicted octanol–water partition coefficient (Wildman–Crippen LogP) is 3.34. The number of hydrogen-bond acceptors (Lipinski definition) is 9. The van der Waals surface area contributed by atoms with Crippen molar-refractivity contribution in [3.8, 4) is 0 Å². The van der Waals surface area contributed by atoms with Crippen molar-refractivity contribution in [1.82, 2.24) is 26.1 Å². The summed E-state index contributed by atoms with van der Waals surface area (Å²) in [6.45, 7) is 10.1. The van der Waals surface area contributed by atoms with Crippen LogP contribution in [0.3, 0.4) is 0 Å². The fourth-order valence-corrected chi connectivity index (χ4v) is 4.95. The van der Waals surface area contributed by atoms with E-state index in [2.05, 4.69) is 16.1 Å². The second kappa shape index (κ2) is 15.9. The van der Waals surface area contributed by atoms with Crippen molar-refractivity contribution >= 4 is 41.0 Å². The van der Waals surface area contributed by atoms with Gasteiger partial charge in [-0.25, -0.2) is 15.4 Å². The number of aldehydes is 1. The van der Waals surface area contributed by atoms with Gasteiger partial charge in [0, 0.05) is 32.7 Å². The molecule has 1 aromatic heterocycles. The lowest BCUT2D eigenvalue weighted by Crippen LogP contribution is -2.54. The van der Waals surface area contributed by atoms with E-state index in [0.29, 0.717) is 25.0 Å². The van der Waals surface area contributed by atoms with E-state index in [0.717, 1.165) is 35.9 Å². The Balaban J connectivity index is 1.79. The summed E-state index contributed by atoms with van der Waals surface area (Å²) in [6, 6.07) is 7.77. The first-order valence-electron chi connectivity index (χ1n) is 15.2. The molecule has 3 N–H and O–H groups in total. The average molecular weight is 610 g/mol. The quantitative estimate of drug-likeness (QED) is 0.217. The van der Waals surface area contributed by atoms with Gasteiger partial charge in [0.2, 0.25) is 11.8 Å². The molecule has 0 bridgehead atoms. The molecule has 1 saturated heterocycles. The number of benzene rings is 1. The van der Waals surface area contributed by atoms with Crippen LogP contribution in [0.5, 0.6) is 0 Å². The number of pyridine rings is 1. The lowest BCUT2D eigenvalue weighted by atomic mass is 9.84. The van der Waals surface area contributed by atoms with Crippen LogP contribution in [0.4, 0.5) is 0 Å². The van der Waals surface area contributed by atoms with E-state index in [1.807, 2.05) is 75.3 Å². The van der Waals surface area contributed by atoms with Gasteiger partial charge >= 0.3 is 5.97 Å². The molecule has 0 radical (unpaired) electrons. The summed E-state index contributed by atoms with van der Waals surface area (Å²) < 4.78 is 11.0. The van der Waals surface area contributed by atoms with Gasteiger partial charge in [-0.1, -0.05) is 44.2 Å². The van der Waals surface area contributed by atoms with Gasteiger partial charge in [0.25, 0.3) is 0 Å². The number of fused-ring (bicyclic) bond motifs is 1. The van der Waals surface area contributed by atoms with Crippen LogP contribution in [0.1, 0.15) is 71.2 Å². The standard InChI is InChI=1S/C33H47N5O6/c1-21(2)29(30(40)34-22(3)20-39)36-32(42)33(5,16-18-43-7)15-14-24-10-11-25-12-13-26(35-28(25)19-24)23(4)44-31(41)27-9-8-17-38(6)37-27/h10-15,19-23,27,29,37H,8-9,16-18H2,1-7H3,(H,34,40)(H,36,42)/b15-14+/t22?,23-,27?,29?,33?/m1/s1. The first kappa shape index (κ1) is 34.8. The normalized spacial score (nSPS) is 19.2. The average Bonchev–Trinajstić information content (AvgIpc) is 3.00. The SMILES string of the molecule is COCCC(C)(/C=C/c1ccc2ccc([C@@H](C)OC(=O)C3CCCN(C)N3)nc2c1)C(=O)NC(C(=O)NC(C)C=O)C(C)C. The Morgan fingerprint density at radius 2 is 1.89 bits per heavy atom. The van der Waals surface area contributed by atoms with Crippen molar-refractivity contribution in [2.24, 2.45) is 11.3 Å². The van der Waals surface area contributed by atoms with Crippen LogP contribution < -0.4 is 16.1 Å². The lowest BCUT2D eigenvalue weighted by molar-refractivity contribution is -0.154. The Morgan fingerprint density at radius 1 is 1.16 bits per heavy atom. The third kappa shape index (κ3) is 9.41. The number of carbonyl (C=O) groups excluding carboxylic acids is 4. The Labute approximate surface area is 260 Å². The number of carbonyl (C=O) groups is 4. The van der Waals surface area contributed by atoms with Crippen LogP contribution in [-0.2, 0) is 28.7 Å². The molecule has 0 saturated carbocycles. The number of hydrazine groups is 1. The number of methoxy groups -OCH3 is 1. The molecule has 11 heteroatoms. The number of rotatable bonds is 14. The number of nitrogens with zero attached hydrogens (tertiary/aromatic N) is 2. The molecule has 1 aliphatic rings. The molecule has 1 fully saturated rings. The lowest BCUT2D eigenvalue weighted by Gasteiger charge is -2.30. The summed E-state index contributed by atoms with van der Waals surface area (Å²) in [7, 11) is 3.48. The third-order valence-corrected chi connectivity index (χ3v) is 7.89. The van der Waals surface area contributed by atoms with Gasteiger partial charge in [0.15, 0.2) is 0 Å². The van der Waals surface area contributed by atoms with E-state index in [-0.39, 0.29) is 23.8 Å². The monoisotopic (exact) mass is 609 g/mol. The summed E-state index contributed by atoms with van der Waals surface area (Å²) in [6.07, 6.45) is 5.82. The highest BCUT2D eigenvalue weighted by Crippen LogP contribution is 2.27. The molecule has 240 valence electrons. The van der Waals surface area contributed by atoms with E-state index in [4.69, 9.17) is 14.5 Å². The van der Waals surface area contributed by atoms with Crippen LogP contribution in [0, 0.1) is 11.3 Å². The van der Waals surface area contributed by atoms with Gasteiger partial charge < -0.3 is 24.9 Å². The maximum absolute atomic E-state index is 13.6. The zero-order chi connectivity index (χ0) is 32.4. The topological polar surface area (TPSA) is 139 Å². The minimum absolute atomic E-state index is 0.198. The highest BCUT2D eigenvalue weighted by Gasteiger charge is 2.35. The number of nitrogens with one attached hydrogen (secondary N) is 3. The Hall–Kier alpha value is -3.67. The van der Waals surface area contributed by atoms with Gasteiger partial charge in [0.1, 0.15) is 24.5 Å². The summed E-state index contributed by atoms with van der Waals surface area (Å²) in [4.78, 5) is 54.9.